The summed E-state index contributed by atoms with van der Waals surface area (Å²) in [5, 5.41) is 8.88. The summed E-state index contributed by atoms with van der Waals surface area (Å²) in [6.07, 6.45) is 9.37. The minimum Gasteiger partial charge on any atom is -0.466 e. The van der Waals surface area contributed by atoms with E-state index in [2.05, 4.69) is 52.9 Å². The number of aliphatic hydroxyl groups excluding tert-OH is 1. The number of allylic oxidation sites excluding steroid dienone is 3. The van der Waals surface area contributed by atoms with E-state index in [1.165, 1.54) is 27.7 Å². The average Bonchev–Trinajstić information content (AvgIpc) is 3.87. The molecule has 0 radical (unpaired) electrons. The molecule has 3 rings (SSSR count). The Balaban J connectivity index is 0. The number of hydrogen-bond acceptors (Lipinski definition) is 14. The van der Waals surface area contributed by atoms with E-state index < -0.39 is 11.9 Å². The van der Waals surface area contributed by atoms with Crippen molar-refractivity contribution in [3.8, 4) is 0 Å². The van der Waals surface area contributed by atoms with Gasteiger partial charge >= 0.3 is 23.9 Å². The monoisotopic (exact) mass is 857 g/mol. The number of carbonyl (C=O) groups excluding carboxylic acids is 6. The van der Waals surface area contributed by atoms with Gasteiger partial charge in [0.15, 0.2) is 18.4 Å². The number of esters is 4. The van der Waals surface area contributed by atoms with Crippen molar-refractivity contribution < 1.29 is 67.0 Å². The first-order chi connectivity index (χ1) is 28.1. The molecule has 60 heavy (non-hydrogen) atoms. The van der Waals surface area contributed by atoms with Crippen LogP contribution in [-0.4, -0.2) is 99.9 Å². The normalized spacial score (nSPS) is 17.8. The van der Waals surface area contributed by atoms with Gasteiger partial charge in [-0.2, -0.15) is 0 Å². The van der Waals surface area contributed by atoms with E-state index in [0.29, 0.717) is 93.9 Å². The number of aldehydes is 1. The first-order valence-corrected chi connectivity index (χ1v) is 21.5. The summed E-state index contributed by atoms with van der Waals surface area (Å²) in [6, 6.07) is 0. The molecule has 4 atom stereocenters. The van der Waals surface area contributed by atoms with Gasteiger partial charge in [0.2, 0.25) is 0 Å². The van der Waals surface area contributed by atoms with Crippen LogP contribution in [-0.2, 0) is 61.9 Å². The number of rotatable bonds is 18. The highest BCUT2D eigenvalue weighted by atomic mass is 16.7. The fourth-order valence-corrected chi connectivity index (χ4v) is 6.23. The molecule has 1 N–H and O–H groups in total. The molecular formula is C46H80O14. The third kappa shape index (κ3) is 32.5. The summed E-state index contributed by atoms with van der Waals surface area (Å²) in [5.74, 6) is 1.98. The van der Waals surface area contributed by atoms with Crippen LogP contribution in [0.2, 0.25) is 0 Å². The van der Waals surface area contributed by atoms with Gasteiger partial charge in [0, 0.05) is 60.0 Å². The fraction of sp³-hybridized carbons (Fsp3) is 0.783. The predicted molar refractivity (Wildman–Crippen MR) is 229 cm³/mol. The van der Waals surface area contributed by atoms with Gasteiger partial charge in [0.25, 0.3) is 0 Å². The number of Topliss-reactive ketones (excluding diaryl/α,β-unsaturated/α-hetero) is 1. The summed E-state index contributed by atoms with van der Waals surface area (Å²) in [5.41, 5.74) is 2.05. The molecule has 0 saturated carbocycles. The molecule has 0 bridgehead atoms. The van der Waals surface area contributed by atoms with Gasteiger partial charge in [-0.15, -0.1) is 0 Å². The zero-order valence-corrected chi connectivity index (χ0v) is 38.9. The van der Waals surface area contributed by atoms with E-state index in [1.807, 2.05) is 19.9 Å². The molecule has 0 spiro atoms. The van der Waals surface area contributed by atoms with E-state index in [9.17, 15) is 28.8 Å². The molecule has 1 aliphatic carbocycles. The van der Waals surface area contributed by atoms with Crippen LogP contribution < -0.4 is 0 Å². The van der Waals surface area contributed by atoms with E-state index in [0.717, 1.165) is 56.0 Å². The van der Waals surface area contributed by atoms with E-state index in [-0.39, 0.29) is 36.9 Å². The van der Waals surface area contributed by atoms with Gasteiger partial charge in [0.1, 0.15) is 6.29 Å². The highest BCUT2D eigenvalue weighted by Gasteiger charge is 2.25. The molecule has 348 valence electrons. The molecule has 0 aromatic rings. The number of ether oxygens (including phenoxy) is 7. The second kappa shape index (κ2) is 35.3. The molecule has 0 aromatic heterocycles. The summed E-state index contributed by atoms with van der Waals surface area (Å²) in [6.45, 7) is 29.8. The van der Waals surface area contributed by atoms with Crippen molar-refractivity contribution in [1.29, 1.82) is 0 Å². The van der Waals surface area contributed by atoms with Crippen molar-refractivity contribution in [2.24, 2.45) is 41.4 Å². The van der Waals surface area contributed by atoms with Gasteiger partial charge in [-0.25, -0.2) is 0 Å². The Kier molecular flexibility index (Phi) is 34.6. The molecule has 14 nitrogen and oxygen atoms in total. The maximum absolute atomic E-state index is 11.2. The lowest BCUT2D eigenvalue weighted by atomic mass is 9.85. The van der Waals surface area contributed by atoms with Crippen LogP contribution in [0.25, 0.3) is 0 Å². The lowest BCUT2D eigenvalue weighted by Crippen LogP contribution is -2.20. The van der Waals surface area contributed by atoms with Crippen LogP contribution in [0.3, 0.4) is 0 Å². The SMILES string of the molecule is C=C(C)[C@@H]1CC=C(C)C(=O)C1.CC(=O)OC(C)=O.CC(=O)OCC[C@@H](CC1OCCO1)C(C)C.CC(=O)OCC[C@@H](CC=O)C(C)C.CC(C)[C@@H](CCO)CC1OCCO1. The third-order valence-corrected chi connectivity index (χ3v) is 10.3. The van der Waals surface area contributed by atoms with Crippen molar-refractivity contribution in [1.82, 2.24) is 0 Å². The van der Waals surface area contributed by atoms with Crippen LogP contribution in [0.4, 0.5) is 0 Å². The largest absolute Gasteiger partial charge is 0.466 e. The Labute approximate surface area is 360 Å². The average molecular weight is 857 g/mol. The van der Waals surface area contributed by atoms with Crippen LogP contribution in [0.5, 0.6) is 0 Å². The molecular weight excluding hydrogens is 776 g/mol. The number of carbonyl (C=O) groups is 6. The second-order valence-electron chi connectivity index (χ2n) is 16.4. The zero-order chi connectivity index (χ0) is 46.2. The Morgan fingerprint density at radius 2 is 1.12 bits per heavy atom. The van der Waals surface area contributed by atoms with Gasteiger partial charge in [-0.1, -0.05) is 59.8 Å². The Hall–Kier alpha value is -3.30. The molecule has 0 aromatic carbocycles. The van der Waals surface area contributed by atoms with Gasteiger partial charge in [-0.3, -0.25) is 24.0 Å². The molecule has 0 amide bonds. The van der Waals surface area contributed by atoms with Crippen LogP contribution >= 0.6 is 0 Å². The van der Waals surface area contributed by atoms with Crippen LogP contribution in [0.15, 0.2) is 23.8 Å². The van der Waals surface area contributed by atoms with Crippen molar-refractivity contribution >= 4 is 35.9 Å². The highest BCUT2D eigenvalue weighted by Crippen LogP contribution is 2.27. The molecule has 2 aliphatic heterocycles. The highest BCUT2D eigenvalue weighted by molar-refractivity contribution is 5.95. The van der Waals surface area contributed by atoms with Crippen molar-refractivity contribution in [2.75, 3.05) is 46.2 Å². The van der Waals surface area contributed by atoms with E-state index in [4.69, 9.17) is 33.5 Å². The smallest absolute Gasteiger partial charge is 0.310 e. The molecule has 0 unspecified atom stereocenters. The fourth-order valence-electron chi connectivity index (χ4n) is 6.23. The van der Waals surface area contributed by atoms with Crippen molar-refractivity contribution in [2.45, 2.75) is 147 Å². The minimum absolute atomic E-state index is 0.0288. The number of hydrogen-bond donors (Lipinski definition) is 1. The lowest BCUT2D eigenvalue weighted by molar-refractivity contribution is -0.156. The van der Waals surface area contributed by atoms with Gasteiger partial charge in [-0.05, 0) is 86.5 Å². The Morgan fingerprint density at radius 3 is 1.42 bits per heavy atom. The minimum atomic E-state index is -0.562. The van der Waals surface area contributed by atoms with Gasteiger partial charge in [0.05, 0.1) is 39.6 Å². The lowest BCUT2D eigenvalue weighted by Gasteiger charge is -2.23. The third-order valence-electron chi connectivity index (χ3n) is 10.3. The summed E-state index contributed by atoms with van der Waals surface area (Å²) in [4.78, 5) is 62.3. The molecule has 2 saturated heterocycles. The Bertz CT molecular complexity index is 1250. The molecule has 14 heteroatoms. The van der Waals surface area contributed by atoms with Gasteiger partial charge < -0.3 is 43.1 Å². The van der Waals surface area contributed by atoms with E-state index >= 15 is 0 Å². The van der Waals surface area contributed by atoms with E-state index in [1.54, 1.807) is 0 Å². The van der Waals surface area contributed by atoms with Crippen molar-refractivity contribution in [3.63, 3.8) is 0 Å². The number of ketones is 1. The standard InChI is InChI=1S/C12H22O4.C10H20O3.C10H18O3.C10H14O.C4H6O3/c1-9(2)11(4-5-14-10(3)13)8-12-15-6-7-16-12;1-8(2)9(3-4-11)7-10-12-5-6-13-10;1-8(2)10(4-6-11)5-7-13-9(3)12;1-7(2)9-5-4-8(3)10(11)6-9;1-3(5)7-4(2)6/h9,11-12H,4-8H2,1-3H3;8-11H,3-7H2,1-2H3;6,8,10H,4-5,7H2,1-3H3;4,9H,1,5-6H2,2-3H3;1-2H3/t11-;9-;10-;9-;/m0011./s1. The summed E-state index contributed by atoms with van der Waals surface area (Å²) in [7, 11) is 0. The quantitative estimate of drug-likeness (QED) is 0.0463. The second-order valence-corrected chi connectivity index (χ2v) is 16.4. The Morgan fingerprint density at radius 1 is 0.717 bits per heavy atom. The first-order valence-electron chi connectivity index (χ1n) is 21.5. The maximum Gasteiger partial charge on any atom is 0.310 e. The van der Waals surface area contributed by atoms with Crippen LogP contribution in [0, 0.1) is 41.4 Å². The topological polar surface area (TPSA) is 187 Å². The molecule has 3 aliphatic rings. The van der Waals surface area contributed by atoms with Crippen LogP contribution in [0.1, 0.15) is 134 Å². The summed E-state index contributed by atoms with van der Waals surface area (Å²) < 4.78 is 35.4. The maximum atomic E-state index is 11.2. The summed E-state index contributed by atoms with van der Waals surface area (Å²) >= 11 is 0. The van der Waals surface area contributed by atoms with Crippen molar-refractivity contribution in [3.05, 3.63) is 23.8 Å². The predicted octanol–water partition coefficient (Wildman–Crippen LogP) is 7.76. The first kappa shape index (κ1) is 58.8. The number of aliphatic hydroxyl groups is 1. The molecule has 2 fully saturated rings. The zero-order valence-electron chi connectivity index (χ0n) is 38.9. The molecule has 2 heterocycles.